The molecule has 0 saturated heterocycles. The van der Waals surface area contributed by atoms with Gasteiger partial charge in [0.2, 0.25) is 0 Å². The molecule has 0 saturated carbocycles. The van der Waals surface area contributed by atoms with Crippen molar-refractivity contribution in [3.8, 4) is 0 Å². The number of nitrogens with zero attached hydrogens (tertiary/aromatic N) is 2. The van der Waals surface area contributed by atoms with E-state index in [1.54, 1.807) is 0 Å². The molecular formula is C18H20N2O2. The summed E-state index contributed by atoms with van der Waals surface area (Å²) in [5, 5.41) is 25.0. The van der Waals surface area contributed by atoms with Gasteiger partial charge in [-0.25, -0.2) is 0 Å². The van der Waals surface area contributed by atoms with Crippen molar-refractivity contribution in [2.45, 2.75) is 25.7 Å². The predicted molar refractivity (Wildman–Crippen MR) is 88.0 cm³/mol. The summed E-state index contributed by atoms with van der Waals surface area (Å²) in [6.07, 6.45) is 2.55. The Kier molecular flexibility index (Phi) is 6.18. The summed E-state index contributed by atoms with van der Waals surface area (Å²) in [4.78, 5) is 0. The van der Waals surface area contributed by atoms with Gasteiger partial charge in [-0.1, -0.05) is 71.0 Å². The number of aryl methyl sites for hydroxylation is 2. The highest BCUT2D eigenvalue weighted by Crippen LogP contribution is 2.08. The molecule has 0 spiro atoms. The third-order valence-corrected chi connectivity index (χ3v) is 3.56. The number of hydrogen-bond donors (Lipinski definition) is 2. The summed E-state index contributed by atoms with van der Waals surface area (Å²) in [5.41, 5.74) is 3.18. The maximum absolute atomic E-state index is 9.20. The Labute approximate surface area is 130 Å². The van der Waals surface area contributed by atoms with Gasteiger partial charge in [0, 0.05) is 0 Å². The van der Waals surface area contributed by atoms with E-state index in [1.165, 1.54) is 0 Å². The Morgan fingerprint density at radius 3 is 1.32 bits per heavy atom. The van der Waals surface area contributed by atoms with Crippen molar-refractivity contribution in [3.63, 3.8) is 0 Å². The first-order valence-corrected chi connectivity index (χ1v) is 7.33. The third kappa shape index (κ3) is 4.74. The second kappa shape index (κ2) is 8.62. The lowest BCUT2D eigenvalue weighted by molar-refractivity contribution is 0.312. The molecule has 0 atom stereocenters. The van der Waals surface area contributed by atoms with Crippen molar-refractivity contribution in [1.82, 2.24) is 0 Å². The van der Waals surface area contributed by atoms with Crippen LogP contribution in [-0.4, -0.2) is 21.8 Å². The summed E-state index contributed by atoms with van der Waals surface area (Å²) in [6.45, 7) is 0. The highest BCUT2D eigenvalue weighted by atomic mass is 16.4. The number of benzene rings is 2. The monoisotopic (exact) mass is 296 g/mol. The van der Waals surface area contributed by atoms with Crippen molar-refractivity contribution in [2.75, 3.05) is 0 Å². The van der Waals surface area contributed by atoms with E-state index in [0.29, 0.717) is 24.3 Å². The van der Waals surface area contributed by atoms with Gasteiger partial charge in [0.15, 0.2) is 0 Å². The number of hydrogen-bond acceptors (Lipinski definition) is 4. The minimum atomic E-state index is 0.433. The zero-order valence-electron chi connectivity index (χ0n) is 12.4. The van der Waals surface area contributed by atoms with Crippen LogP contribution in [0.4, 0.5) is 0 Å². The zero-order chi connectivity index (χ0) is 15.6. The van der Waals surface area contributed by atoms with Crippen molar-refractivity contribution in [1.29, 1.82) is 0 Å². The van der Waals surface area contributed by atoms with Crippen molar-refractivity contribution < 1.29 is 10.4 Å². The molecule has 0 aliphatic rings. The first kappa shape index (κ1) is 15.8. The minimum absolute atomic E-state index is 0.433. The molecule has 0 radical (unpaired) electrons. The molecule has 0 bridgehead atoms. The Hall–Kier alpha value is -2.62. The highest BCUT2D eigenvalue weighted by molar-refractivity contribution is 6.42. The molecule has 0 fully saturated rings. The first-order valence-electron chi connectivity index (χ1n) is 7.33. The maximum atomic E-state index is 9.20. The predicted octanol–water partition coefficient (Wildman–Crippen LogP) is 3.91. The second-order valence-corrected chi connectivity index (χ2v) is 5.06. The molecule has 0 aliphatic carbocycles. The minimum Gasteiger partial charge on any atom is -0.411 e. The Morgan fingerprint density at radius 2 is 1.00 bits per heavy atom. The fourth-order valence-corrected chi connectivity index (χ4v) is 2.32. The number of rotatable bonds is 7. The third-order valence-electron chi connectivity index (χ3n) is 3.56. The van der Waals surface area contributed by atoms with Crippen LogP contribution >= 0.6 is 0 Å². The summed E-state index contributed by atoms with van der Waals surface area (Å²) in [6, 6.07) is 19.9. The molecule has 114 valence electrons. The van der Waals surface area contributed by atoms with Gasteiger partial charge >= 0.3 is 0 Å². The van der Waals surface area contributed by atoms with E-state index in [-0.39, 0.29) is 0 Å². The zero-order valence-corrected chi connectivity index (χ0v) is 12.4. The molecule has 2 N–H and O–H groups in total. The molecular weight excluding hydrogens is 276 g/mol. The molecule has 0 aromatic heterocycles. The van der Waals surface area contributed by atoms with Crippen LogP contribution in [0.15, 0.2) is 71.0 Å². The first-order chi connectivity index (χ1) is 10.8. The second-order valence-electron chi connectivity index (χ2n) is 5.06. The smallest absolute Gasteiger partial charge is 0.105 e. The van der Waals surface area contributed by atoms with Gasteiger partial charge in [-0.3, -0.25) is 0 Å². The van der Waals surface area contributed by atoms with E-state index in [2.05, 4.69) is 10.3 Å². The standard InChI is InChI=1S/C18H20N2O2/c21-19-17(13-11-15-7-3-1-4-8-15)18(20-22)14-12-16-9-5-2-6-10-16/h1-10,21-22H,11-14H2. The Morgan fingerprint density at radius 1 is 0.636 bits per heavy atom. The Balaban J connectivity index is 1.93. The SMILES string of the molecule is ON=C(CCc1ccccc1)C(CCc1ccccc1)=NO. The fraction of sp³-hybridized carbons (Fsp3) is 0.222. The average molecular weight is 296 g/mol. The Bertz CT molecular complexity index is 565. The average Bonchev–Trinajstić information content (AvgIpc) is 2.59. The molecule has 2 aromatic rings. The van der Waals surface area contributed by atoms with Gasteiger partial charge in [-0.05, 0) is 36.8 Å². The topological polar surface area (TPSA) is 65.2 Å². The van der Waals surface area contributed by atoms with Crippen LogP contribution in [0.1, 0.15) is 24.0 Å². The number of oxime groups is 2. The van der Waals surface area contributed by atoms with Gasteiger partial charge in [0.25, 0.3) is 0 Å². The maximum Gasteiger partial charge on any atom is 0.105 e. The summed E-state index contributed by atoms with van der Waals surface area (Å²) in [7, 11) is 0. The van der Waals surface area contributed by atoms with Crippen LogP contribution in [0, 0.1) is 0 Å². The van der Waals surface area contributed by atoms with Gasteiger partial charge in [-0.15, -0.1) is 0 Å². The van der Waals surface area contributed by atoms with E-state index in [0.717, 1.165) is 24.0 Å². The van der Waals surface area contributed by atoms with Gasteiger partial charge in [-0.2, -0.15) is 0 Å². The van der Waals surface area contributed by atoms with Crippen molar-refractivity contribution in [3.05, 3.63) is 71.8 Å². The molecule has 0 heterocycles. The van der Waals surface area contributed by atoms with Crippen LogP contribution in [0.5, 0.6) is 0 Å². The van der Waals surface area contributed by atoms with Crippen LogP contribution < -0.4 is 0 Å². The van der Waals surface area contributed by atoms with Gasteiger partial charge < -0.3 is 10.4 Å². The highest BCUT2D eigenvalue weighted by Gasteiger charge is 2.11. The fourth-order valence-electron chi connectivity index (χ4n) is 2.32. The van der Waals surface area contributed by atoms with Crippen LogP contribution in [-0.2, 0) is 12.8 Å². The molecule has 4 nitrogen and oxygen atoms in total. The lowest BCUT2D eigenvalue weighted by Crippen LogP contribution is -2.16. The van der Waals surface area contributed by atoms with Gasteiger partial charge in [0.1, 0.15) is 11.4 Å². The molecule has 0 aliphatic heterocycles. The lowest BCUT2D eigenvalue weighted by atomic mass is 10.00. The summed E-state index contributed by atoms with van der Waals surface area (Å²) >= 11 is 0. The summed E-state index contributed by atoms with van der Waals surface area (Å²) in [5.74, 6) is 0. The molecule has 4 heteroatoms. The normalized spacial score (nSPS) is 12.4. The van der Waals surface area contributed by atoms with E-state index in [9.17, 15) is 10.4 Å². The van der Waals surface area contributed by atoms with Crippen LogP contribution in [0.2, 0.25) is 0 Å². The van der Waals surface area contributed by atoms with E-state index in [1.807, 2.05) is 60.7 Å². The lowest BCUT2D eigenvalue weighted by Gasteiger charge is -2.07. The molecule has 2 rings (SSSR count). The van der Waals surface area contributed by atoms with Gasteiger partial charge in [0.05, 0.1) is 0 Å². The van der Waals surface area contributed by atoms with Crippen molar-refractivity contribution in [2.24, 2.45) is 10.3 Å². The van der Waals surface area contributed by atoms with E-state index in [4.69, 9.17) is 0 Å². The largest absolute Gasteiger partial charge is 0.411 e. The molecule has 22 heavy (non-hydrogen) atoms. The molecule has 2 aromatic carbocycles. The van der Waals surface area contributed by atoms with Crippen molar-refractivity contribution >= 4 is 11.4 Å². The van der Waals surface area contributed by atoms with E-state index >= 15 is 0 Å². The van der Waals surface area contributed by atoms with E-state index < -0.39 is 0 Å². The van der Waals surface area contributed by atoms with Crippen LogP contribution in [0.25, 0.3) is 0 Å². The summed E-state index contributed by atoms with van der Waals surface area (Å²) < 4.78 is 0. The molecule has 0 amide bonds. The van der Waals surface area contributed by atoms with Crippen LogP contribution in [0.3, 0.4) is 0 Å². The quantitative estimate of drug-likeness (QED) is 0.462. The molecule has 0 unspecified atom stereocenters.